The van der Waals surface area contributed by atoms with Gasteiger partial charge >= 0.3 is 0 Å². The summed E-state index contributed by atoms with van der Waals surface area (Å²) in [6, 6.07) is 15.9. The van der Waals surface area contributed by atoms with Crippen molar-refractivity contribution in [2.45, 2.75) is 62.6 Å². The molecule has 190 valence electrons. The third kappa shape index (κ3) is 4.70. The number of amides is 1. The molecule has 2 N–H and O–H groups in total. The smallest absolute Gasteiger partial charge is 0.241 e. The van der Waals surface area contributed by atoms with Gasteiger partial charge in [-0.15, -0.1) is 6.42 Å². The fourth-order valence-electron chi connectivity index (χ4n) is 5.47. The SMILES string of the molecule is C#CC1(NC(=O)C2(NCc3cc4ccc(-c5ccc(C(=O)C6COC6)cc5)cc4o3)CCCCC2)CC1. The summed E-state index contributed by atoms with van der Waals surface area (Å²) in [6.45, 7) is 1.51. The predicted molar refractivity (Wildman–Crippen MR) is 142 cm³/mol. The van der Waals surface area contributed by atoms with Gasteiger partial charge in [0.1, 0.15) is 16.9 Å². The largest absolute Gasteiger partial charge is 0.460 e. The Morgan fingerprint density at radius 1 is 0.946 bits per heavy atom. The molecule has 0 spiro atoms. The third-order valence-corrected chi connectivity index (χ3v) is 8.20. The lowest BCUT2D eigenvalue weighted by molar-refractivity contribution is -0.129. The van der Waals surface area contributed by atoms with Gasteiger partial charge < -0.3 is 14.5 Å². The molecule has 2 heterocycles. The molecule has 6 rings (SSSR count). The Kier molecular flexibility index (Phi) is 6.14. The molecule has 2 aliphatic carbocycles. The number of hydrogen-bond donors (Lipinski definition) is 2. The Balaban J connectivity index is 1.16. The van der Waals surface area contributed by atoms with Crippen LogP contribution in [-0.4, -0.2) is 36.0 Å². The van der Waals surface area contributed by atoms with E-state index in [1.54, 1.807) is 0 Å². The summed E-state index contributed by atoms with van der Waals surface area (Å²) in [5.74, 6) is 3.72. The molecule has 6 heteroatoms. The van der Waals surface area contributed by atoms with Crippen molar-refractivity contribution in [3.8, 4) is 23.5 Å². The van der Waals surface area contributed by atoms with E-state index in [9.17, 15) is 9.59 Å². The molecule has 0 bridgehead atoms. The predicted octanol–water partition coefficient (Wildman–Crippen LogP) is 5.00. The van der Waals surface area contributed by atoms with Gasteiger partial charge in [0.05, 0.1) is 31.2 Å². The highest BCUT2D eigenvalue weighted by Gasteiger charge is 2.47. The summed E-state index contributed by atoms with van der Waals surface area (Å²) < 4.78 is 11.3. The highest BCUT2D eigenvalue weighted by molar-refractivity contribution is 5.99. The Morgan fingerprint density at radius 2 is 1.68 bits per heavy atom. The Labute approximate surface area is 217 Å². The van der Waals surface area contributed by atoms with E-state index >= 15 is 0 Å². The molecular weight excluding hydrogens is 464 g/mol. The third-order valence-electron chi connectivity index (χ3n) is 8.20. The zero-order chi connectivity index (χ0) is 25.5. The van der Waals surface area contributed by atoms with Crippen molar-refractivity contribution in [2.24, 2.45) is 5.92 Å². The highest BCUT2D eigenvalue weighted by atomic mass is 16.5. The highest BCUT2D eigenvalue weighted by Crippen LogP contribution is 2.37. The monoisotopic (exact) mass is 496 g/mol. The van der Waals surface area contributed by atoms with E-state index < -0.39 is 11.1 Å². The van der Waals surface area contributed by atoms with Crippen molar-refractivity contribution in [1.29, 1.82) is 0 Å². The van der Waals surface area contributed by atoms with Gasteiger partial charge in [0, 0.05) is 10.9 Å². The number of ether oxygens (including phenoxy) is 1. The van der Waals surface area contributed by atoms with E-state index in [2.05, 4.69) is 28.7 Å². The van der Waals surface area contributed by atoms with Gasteiger partial charge in [0.25, 0.3) is 0 Å². The fourth-order valence-corrected chi connectivity index (χ4v) is 5.47. The normalized spacial score (nSPS) is 20.1. The van der Waals surface area contributed by atoms with E-state index in [1.807, 2.05) is 36.4 Å². The molecule has 6 nitrogen and oxygen atoms in total. The molecule has 2 saturated carbocycles. The second-order valence-electron chi connectivity index (χ2n) is 10.8. The number of benzene rings is 2. The van der Waals surface area contributed by atoms with Crippen LogP contribution in [0.25, 0.3) is 22.1 Å². The maximum absolute atomic E-state index is 13.3. The van der Waals surface area contributed by atoms with Crippen molar-refractivity contribution in [2.75, 3.05) is 13.2 Å². The van der Waals surface area contributed by atoms with E-state index in [0.717, 1.165) is 78.4 Å². The van der Waals surface area contributed by atoms with E-state index in [4.69, 9.17) is 15.6 Å². The first-order chi connectivity index (χ1) is 18.0. The van der Waals surface area contributed by atoms with Crippen LogP contribution in [0.5, 0.6) is 0 Å². The molecule has 3 aromatic rings. The van der Waals surface area contributed by atoms with Gasteiger partial charge in [0.15, 0.2) is 5.78 Å². The van der Waals surface area contributed by atoms with Gasteiger partial charge in [-0.1, -0.05) is 61.6 Å². The summed E-state index contributed by atoms with van der Waals surface area (Å²) in [5.41, 5.74) is 2.52. The molecular formula is C31H32N2O4. The zero-order valence-electron chi connectivity index (χ0n) is 21.0. The van der Waals surface area contributed by atoms with Gasteiger partial charge in [0.2, 0.25) is 5.91 Å². The number of carbonyl (C=O) groups excluding carboxylic acids is 2. The molecule has 3 aliphatic rings. The minimum Gasteiger partial charge on any atom is -0.460 e. The first-order valence-electron chi connectivity index (χ1n) is 13.3. The number of terminal acetylenes is 1. The lowest BCUT2D eigenvalue weighted by Gasteiger charge is -2.37. The average Bonchev–Trinajstić information content (AvgIpc) is 3.55. The number of fused-ring (bicyclic) bond motifs is 1. The number of carbonyl (C=O) groups is 2. The summed E-state index contributed by atoms with van der Waals surface area (Å²) in [7, 11) is 0. The molecule has 1 aliphatic heterocycles. The number of hydrogen-bond acceptors (Lipinski definition) is 5. The molecule has 0 atom stereocenters. The summed E-state index contributed by atoms with van der Waals surface area (Å²) in [6.07, 6.45) is 12.2. The van der Waals surface area contributed by atoms with Gasteiger partial charge in [-0.3, -0.25) is 14.9 Å². The zero-order valence-corrected chi connectivity index (χ0v) is 21.0. The van der Waals surface area contributed by atoms with Gasteiger partial charge in [-0.05, 0) is 48.9 Å². The standard InChI is InChI=1S/C31H32N2O4/c1-2-30(14-15-30)33-29(35)31(12-4-3-5-13-31)32-18-26-16-24-11-10-23(17-27(24)37-26)21-6-8-22(9-7-21)28(34)25-19-36-20-25/h1,6-11,16-17,25,32H,3-5,12-15,18-20H2,(H,33,35). The number of furan rings is 1. The van der Waals surface area contributed by atoms with Gasteiger partial charge in [-0.2, -0.15) is 0 Å². The Bertz CT molecular complexity index is 1370. The van der Waals surface area contributed by atoms with Crippen LogP contribution in [0.15, 0.2) is 52.9 Å². The molecule has 1 amide bonds. The van der Waals surface area contributed by atoms with Crippen LogP contribution < -0.4 is 10.6 Å². The van der Waals surface area contributed by atoms with Crippen molar-refractivity contribution < 1.29 is 18.7 Å². The summed E-state index contributed by atoms with van der Waals surface area (Å²) in [5, 5.41) is 7.71. The van der Waals surface area contributed by atoms with Crippen LogP contribution in [0.1, 0.15) is 61.1 Å². The Hall–Kier alpha value is -3.40. The molecule has 1 aromatic heterocycles. The lowest BCUT2D eigenvalue weighted by atomic mass is 9.80. The van der Waals surface area contributed by atoms with Crippen LogP contribution in [0.4, 0.5) is 0 Å². The number of rotatable bonds is 8. The van der Waals surface area contributed by atoms with Crippen molar-refractivity contribution >= 4 is 22.7 Å². The van der Waals surface area contributed by atoms with Crippen LogP contribution in [0.2, 0.25) is 0 Å². The van der Waals surface area contributed by atoms with E-state index in [-0.39, 0.29) is 17.6 Å². The number of nitrogens with one attached hydrogen (secondary N) is 2. The molecule has 3 fully saturated rings. The molecule has 0 radical (unpaired) electrons. The van der Waals surface area contributed by atoms with Crippen LogP contribution in [-0.2, 0) is 16.1 Å². The number of ketones is 1. The Morgan fingerprint density at radius 3 is 2.32 bits per heavy atom. The van der Waals surface area contributed by atoms with Crippen molar-refractivity contribution in [3.05, 3.63) is 59.9 Å². The maximum atomic E-state index is 13.3. The molecule has 1 saturated heterocycles. The molecule has 2 aromatic carbocycles. The fraction of sp³-hybridized carbons (Fsp3) is 0.419. The first kappa shape index (κ1) is 24.0. The molecule has 0 unspecified atom stereocenters. The molecule has 37 heavy (non-hydrogen) atoms. The summed E-state index contributed by atoms with van der Waals surface area (Å²) >= 11 is 0. The van der Waals surface area contributed by atoms with Crippen LogP contribution in [0, 0.1) is 18.3 Å². The van der Waals surface area contributed by atoms with Crippen molar-refractivity contribution in [1.82, 2.24) is 10.6 Å². The maximum Gasteiger partial charge on any atom is 0.241 e. The van der Waals surface area contributed by atoms with E-state index in [0.29, 0.717) is 19.8 Å². The van der Waals surface area contributed by atoms with Gasteiger partial charge in [-0.25, -0.2) is 0 Å². The second-order valence-corrected chi connectivity index (χ2v) is 10.8. The average molecular weight is 497 g/mol. The minimum absolute atomic E-state index is 0.0108. The van der Waals surface area contributed by atoms with Crippen LogP contribution in [0.3, 0.4) is 0 Å². The lowest BCUT2D eigenvalue weighted by Crippen LogP contribution is -2.59. The minimum atomic E-state index is -0.611. The first-order valence-corrected chi connectivity index (χ1v) is 13.3. The summed E-state index contributed by atoms with van der Waals surface area (Å²) in [4.78, 5) is 25.8. The quantitative estimate of drug-likeness (QED) is 0.339. The van der Waals surface area contributed by atoms with Crippen molar-refractivity contribution in [3.63, 3.8) is 0 Å². The topological polar surface area (TPSA) is 80.6 Å². The van der Waals surface area contributed by atoms with E-state index in [1.165, 1.54) is 0 Å². The number of Topliss-reactive ketones (excluding diaryl/α,β-unsaturated/α-hetero) is 1. The second kappa shape index (κ2) is 9.48. The van der Waals surface area contributed by atoms with Crippen LogP contribution >= 0.6 is 0 Å².